The summed E-state index contributed by atoms with van der Waals surface area (Å²) in [7, 11) is 1.59. The number of piperidine rings is 1. The molecule has 4 heterocycles. The first-order valence-corrected chi connectivity index (χ1v) is 13.9. The van der Waals surface area contributed by atoms with Crippen LogP contribution in [-0.2, 0) is 9.53 Å². The van der Waals surface area contributed by atoms with Crippen molar-refractivity contribution >= 4 is 34.6 Å². The van der Waals surface area contributed by atoms with Gasteiger partial charge in [-0.1, -0.05) is 11.8 Å². The molecule has 2 fully saturated rings. The number of rotatable bonds is 8. The Morgan fingerprint density at radius 3 is 2.66 bits per heavy atom. The van der Waals surface area contributed by atoms with Crippen LogP contribution < -0.4 is 10.1 Å². The van der Waals surface area contributed by atoms with E-state index in [0.717, 1.165) is 19.3 Å². The van der Waals surface area contributed by atoms with Crippen LogP contribution in [0, 0.1) is 0 Å². The van der Waals surface area contributed by atoms with Crippen molar-refractivity contribution in [2.75, 3.05) is 32.6 Å². The van der Waals surface area contributed by atoms with Crippen LogP contribution in [0.1, 0.15) is 55.1 Å². The molecule has 2 N–H and O–H groups in total. The van der Waals surface area contributed by atoms with Gasteiger partial charge in [-0.15, -0.1) is 0 Å². The average molecular weight is 541 g/mol. The number of carbonyl (C=O) groups excluding carboxylic acids is 2. The molecule has 11 nitrogen and oxygen atoms in total. The molecule has 2 aliphatic rings. The van der Waals surface area contributed by atoms with E-state index in [4.69, 9.17) is 9.47 Å². The molecule has 1 atom stereocenters. The lowest BCUT2D eigenvalue weighted by Gasteiger charge is -2.32. The Morgan fingerprint density at radius 1 is 1.16 bits per heavy atom. The molecule has 38 heavy (non-hydrogen) atoms. The predicted molar refractivity (Wildman–Crippen MR) is 141 cm³/mol. The van der Waals surface area contributed by atoms with Crippen LogP contribution in [0.5, 0.6) is 11.6 Å². The highest BCUT2D eigenvalue weighted by atomic mass is 32.2. The summed E-state index contributed by atoms with van der Waals surface area (Å²) in [5, 5.41) is 18.4. The van der Waals surface area contributed by atoms with E-state index >= 15 is 0 Å². The minimum atomic E-state index is -0.217. The second kappa shape index (κ2) is 12.0. The number of thioether (sulfide) groups is 1. The smallest absolute Gasteiger partial charge is 0.253 e. The second-order valence-corrected chi connectivity index (χ2v) is 10.5. The topological polar surface area (TPSA) is 132 Å². The van der Waals surface area contributed by atoms with Gasteiger partial charge in [-0.25, -0.2) is 9.67 Å². The van der Waals surface area contributed by atoms with Crippen LogP contribution in [0.25, 0.3) is 11.0 Å². The monoisotopic (exact) mass is 540 g/mol. The molecule has 0 radical (unpaired) electrons. The second-order valence-electron chi connectivity index (χ2n) is 9.43. The first kappa shape index (κ1) is 26.2. The van der Waals surface area contributed by atoms with E-state index in [1.807, 2.05) is 4.90 Å². The number of ether oxygens (including phenoxy) is 2. The van der Waals surface area contributed by atoms with Crippen molar-refractivity contribution in [1.29, 1.82) is 0 Å². The van der Waals surface area contributed by atoms with E-state index in [-0.39, 0.29) is 30.0 Å². The third kappa shape index (κ3) is 6.02. The molecule has 202 valence electrons. The highest BCUT2D eigenvalue weighted by Gasteiger charge is 2.25. The summed E-state index contributed by atoms with van der Waals surface area (Å²) < 4.78 is 12.6. The van der Waals surface area contributed by atoms with Gasteiger partial charge in [-0.3, -0.25) is 9.59 Å². The highest BCUT2D eigenvalue weighted by Crippen LogP contribution is 2.31. The summed E-state index contributed by atoms with van der Waals surface area (Å²) in [5.74, 6) is 0.997. The third-order valence-electron chi connectivity index (χ3n) is 6.88. The quantitative estimate of drug-likeness (QED) is 0.327. The fourth-order valence-corrected chi connectivity index (χ4v) is 5.58. The number of methoxy groups -OCH3 is 1. The summed E-state index contributed by atoms with van der Waals surface area (Å²) in [6.45, 7) is 1.86. The number of benzene rings is 1. The summed E-state index contributed by atoms with van der Waals surface area (Å²) in [6.07, 6.45) is 6.02. The predicted octanol–water partition coefficient (Wildman–Crippen LogP) is 3.14. The van der Waals surface area contributed by atoms with Gasteiger partial charge in [0.15, 0.2) is 16.9 Å². The molecule has 2 amide bonds. The van der Waals surface area contributed by atoms with E-state index < -0.39 is 0 Å². The Balaban J connectivity index is 1.07. The highest BCUT2D eigenvalue weighted by molar-refractivity contribution is 7.99. The van der Waals surface area contributed by atoms with E-state index in [2.05, 4.69) is 20.4 Å². The van der Waals surface area contributed by atoms with Gasteiger partial charge in [0, 0.05) is 43.5 Å². The van der Waals surface area contributed by atoms with Crippen LogP contribution in [-0.4, -0.2) is 80.2 Å². The van der Waals surface area contributed by atoms with E-state index in [9.17, 15) is 14.7 Å². The molecule has 2 saturated heterocycles. The van der Waals surface area contributed by atoms with Crippen molar-refractivity contribution in [3.05, 3.63) is 36.0 Å². The normalized spacial score (nSPS) is 18.4. The number of carbonyl (C=O) groups is 2. The van der Waals surface area contributed by atoms with Crippen LogP contribution >= 0.6 is 11.8 Å². The number of fused-ring (bicyclic) bond motifs is 1. The number of aromatic hydroxyl groups is 1. The molecule has 2 aliphatic heterocycles. The van der Waals surface area contributed by atoms with Crippen LogP contribution in [0.15, 0.2) is 35.6 Å². The van der Waals surface area contributed by atoms with E-state index in [1.165, 1.54) is 11.8 Å². The first-order valence-electron chi connectivity index (χ1n) is 12.9. The number of nitrogens with one attached hydrogen (secondary N) is 1. The molecule has 2 aromatic heterocycles. The Kier molecular flexibility index (Phi) is 8.28. The van der Waals surface area contributed by atoms with Crippen molar-refractivity contribution in [3.8, 4) is 11.6 Å². The first-order chi connectivity index (χ1) is 18.5. The zero-order chi connectivity index (χ0) is 26.5. The largest absolute Gasteiger partial charge is 0.497 e. The molecule has 0 saturated carbocycles. The van der Waals surface area contributed by atoms with Crippen LogP contribution in [0.3, 0.4) is 0 Å². The number of aromatic nitrogens is 4. The van der Waals surface area contributed by atoms with Gasteiger partial charge < -0.3 is 24.8 Å². The van der Waals surface area contributed by atoms with Gasteiger partial charge >= 0.3 is 0 Å². The Labute approximate surface area is 224 Å². The van der Waals surface area contributed by atoms with Crippen molar-refractivity contribution < 1.29 is 24.2 Å². The van der Waals surface area contributed by atoms with Gasteiger partial charge in [-0.05, 0) is 56.4 Å². The molecule has 0 spiro atoms. The van der Waals surface area contributed by atoms with E-state index in [0.29, 0.717) is 72.2 Å². The summed E-state index contributed by atoms with van der Waals surface area (Å²) >= 11 is 1.32. The van der Waals surface area contributed by atoms with Crippen molar-refractivity contribution in [2.24, 2.45) is 0 Å². The third-order valence-corrected chi connectivity index (χ3v) is 7.73. The minimum Gasteiger partial charge on any atom is -0.497 e. The average Bonchev–Trinajstić information content (AvgIpc) is 3.38. The summed E-state index contributed by atoms with van der Waals surface area (Å²) in [5.41, 5.74) is 1.65. The number of hydrogen-bond donors (Lipinski definition) is 2. The van der Waals surface area contributed by atoms with Crippen molar-refractivity contribution in [1.82, 2.24) is 30.0 Å². The Morgan fingerprint density at radius 2 is 1.95 bits per heavy atom. The molecule has 1 aromatic carbocycles. The lowest BCUT2D eigenvalue weighted by Crippen LogP contribution is -2.46. The lowest BCUT2D eigenvalue weighted by atomic mass is 10.0. The number of amides is 2. The van der Waals surface area contributed by atoms with Crippen molar-refractivity contribution in [3.63, 3.8) is 0 Å². The fraction of sp³-hybridized carbons (Fsp3) is 0.500. The SMILES string of the molecule is COc1ccc(C(=O)N2CCC(NC(=O)CCSc3nc(O)c4c(cnn4C4CCCCO4)n3)CC2)cc1. The molecule has 5 rings (SSSR count). The Bertz CT molecular complexity index is 1270. The fourth-order valence-electron chi connectivity index (χ4n) is 4.80. The summed E-state index contributed by atoms with van der Waals surface area (Å²) in [4.78, 5) is 35.8. The van der Waals surface area contributed by atoms with Gasteiger partial charge in [0.05, 0.1) is 13.3 Å². The molecular weight excluding hydrogens is 508 g/mol. The van der Waals surface area contributed by atoms with Gasteiger partial charge in [0.2, 0.25) is 11.8 Å². The van der Waals surface area contributed by atoms with Gasteiger partial charge in [0.25, 0.3) is 5.91 Å². The zero-order valence-electron chi connectivity index (χ0n) is 21.3. The standard InChI is InChI=1S/C26H32N6O5S/c1-36-19-7-5-17(6-8-19)25(35)31-12-9-18(10-13-31)28-21(33)11-15-38-26-29-20-16-27-32(23(20)24(34)30-26)22-4-2-3-14-37-22/h5-8,16,18,22H,2-4,9-15H2,1H3,(H,28,33)(H,29,30,34). The molecule has 3 aromatic rings. The number of likely N-dealkylation sites (tertiary alicyclic amines) is 1. The van der Waals surface area contributed by atoms with Crippen LogP contribution in [0.4, 0.5) is 0 Å². The van der Waals surface area contributed by atoms with E-state index in [1.54, 1.807) is 42.3 Å². The van der Waals surface area contributed by atoms with Crippen molar-refractivity contribution in [2.45, 2.75) is 56.0 Å². The minimum absolute atomic E-state index is 0.00846. The van der Waals surface area contributed by atoms with Gasteiger partial charge in [0.1, 0.15) is 11.3 Å². The summed E-state index contributed by atoms with van der Waals surface area (Å²) in [6, 6.07) is 7.14. The molecule has 12 heteroatoms. The van der Waals surface area contributed by atoms with Crippen LogP contribution in [0.2, 0.25) is 0 Å². The maximum Gasteiger partial charge on any atom is 0.253 e. The molecule has 0 bridgehead atoms. The number of nitrogens with zero attached hydrogens (tertiary/aromatic N) is 5. The zero-order valence-corrected chi connectivity index (χ0v) is 22.2. The molecular formula is C26H32N6O5S. The number of hydrogen-bond acceptors (Lipinski definition) is 9. The Hall–Kier alpha value is -3.38. The molecule has 0 aliphatic carbocycles. The van der Waals surface area contributed by atoms with Gasteiger partial charge in [-0.2, -0.15) is 10.1 Å². The maximum atomic E-state index is 12.7. The lowest BCUT2D eigenvalue weighted by molar-refractivity contribution is -0.121. The maximum absolute atomic E-state index is 12.7. The molecule has 1 unspecified atom stereocenters.